The molecule has 1 aromatic rings. The number of anilines is 1. The lowest BCUT2D eigenvalue weighted by Gasteiger charge is -2.08. The highest BCUT2D eigenvalue weighted by atomic mass is 16.2. The van der Waals surface area contributed by atoms with Crippen LogP contribution in [-0.2, 0) is 4.79 Å². The maximum absolute atomic E-state index is 11.5. The van der Waals surface area contributed by atoms with Crippen LogP contribution in [0.25, 0.3) is 0 Å². The Morgan fingerprint density at radius 2 is 2.62 bits per heavy atom. The van der Waals surface area contributed by atoms with Crippen molar-refractivity contribution in [3.05, 3.63) is 12.3 Å². The van der Waals surface area contributed by atoms with Crippen LogP contribution in [0.4, 0.5) is 5.82 Å². The molecule has 0 saturated carbocycles. The van der Waals surface area contributed by atoms with E-state index in [-0.39, 0.29) is 11.9 Å². The number of nitrogens with one attached hydrogen (secondary N) is 3. The van der Waals surface area contributed by atoms with Crippen molar-refractivity contribution in [3.8, 4) is 0 Å². The van der Waals surface area contributed by atoms with Gasteiger partial charge in [-0.3, -0.25) is 9.89 Å². The van der Waals surface area contributed by atoms with Crippen LogP contribution in [0.15, 0.2) is 12.3 Å². The van der Waals surface area contributed by atoms with Crippen molar-refractivity contribution in [2.75, 3.05) is 11.9 Å². The monoisotopic (exact) mass is 180 g/mol. The van der Waals surface area contributed by atoms with Crippen molar-refractivity contribution < 1.29 is 4.79 Å². The van der Waals surface area contributed by atoms with Crippen molar-refractivity contribution >= 4 is 11.7 Å². The van der Waals surface area contributed by atoms with Gasteiger partial charge in [-0.25, -0.2) is 0 Å². The lowest BCUT2D eigenvalue weighted by molar-refractivity contribution is -0.117. The van der Waals surface area contributed by atoms with Gasteiger partial charge in [0.15, 0.2) is 0 Å². The number of rotatable bonds is 2. The SMILES string of the molecule is O=C(Nc1ccn[nH]1)[C@@H]1CCCN1. The topological polar surface area (TPSA) is 69.8 Å². The maximum atomic E-state index is 11.5. The maximum Gasteiger partial charge on any atom is 0.242 e. The average Bonchev–Trinajstić information content (AvgIpc) is 2.74. The minimum Gasteiger partial charge on any atom is -0.310 e. The van der Waals surface area contributed by atoms with E-state index in [4.69, 9.17) is 0 Å². The van der Waals surface area contributed by atoms with Gasteiger partial charge in [0.2, 0.25) is 5.91 Å². The third-order valence-electron chi connectivity index (χ3n) is 2.14. The van der Waals surface area contributed by atoms with Gasteiger partial charge in [0.1, 0.15) is 5.82 Å². The summed E-state index contributed by atoms with van der Waals surface area (Å²) in [4.78, 5) is 11.5. The van der Waals surface area contributed by atoms with Crippen LogP contribution >= 0.6 is 0 Å². The quantitative estimate of drug-likeness (QED) is 0.604. The molecule has 0 spiro atoms. The molecule has 70 valence electrons. The Morgan fingerprint density at radius 1 is 1.69 bits per heavy atom. The Kier molecular flexibility index (Phi) is 2.27. The van der Waals surface area contributed by atoms with Gasteiger partial charge in [0.25, 0.3) is 0 Å². The Hall–Kier alpha value is -1.36. The van der Waals surface area contributed by atoms with Crippen LogP contribution in [0.2, 0.25) is 0 Å². The van der Waals surface area contributed by atoms with Crippen molar-refractivity contribution in [2.24, 2.45) is 0 Å². The normalized spacial score (nSPS) is 21.7. The van der Waals surface area contributed by atoms with Gasteiger partial charge in [-0.1, -0.05) is 0 Å². The highest BCUT2D eigenvalue weighted by Crippen LogP contribution is 2.07. The van der Waals surface area contributed by atoms with E-state index in [0.717, 1.165) is 19.4 Å². The molecule has 1 aliphatic heterocycles. The smallest absolute Gasteiger partial charge is 0.242 e. The second kappa shape index (κ2) is 3.57. The number of carbonyl (C=O) groups is 1. The predicted octanol–water partition coefficient (Wildman–Crippen LogP) is 0.100. The number of nitrogens with zero attached hydrogens (tertiary/aromatic N) is 1. The van der Waals surface area contributed by atoms with Crippen LogP contribution in [-0.4, -0.2) is 28.7 Å². The highest BCUT2D eigenvalue weighted by Gasteiger charge is 2.21. The lowest BCUT2D eigenvalue weighted by Crippen LogP contribution is -2.35. The van der Waals surface area contributed by atoms with Crippen LogP contribution in [0.3, 0.4) is 0 Å². The summed E-state index contributed by atoms with van der Waals surface area (Å²) < 4.78 is 0. The molecule has 2 heterocycles. The Balaban J connectivity index is 1.91. The number of hydrogen-bond acceptors (Lipinski definition) is 3. The molecule has 13 heavy (non-hydrogen) atoms. The van der Waals surface area contributed by atoms with Crippen LogP contribution < -0.4 is 10.6 Å². The van der Waals surface area contributed by atoms with Gasteiger partial charge in [0, 0.05) is 6.07 Å². The minimum atomic E-state index is -0.0386. The predicted molar refractivity (Wildman–Crippen MR) is 48.2 cm³/mol. The zero-order chi connectivity index (χ0) is 9.10. The number of carbonyl (C=O) groups excluding carboxylic acids is 1. The molecule has 0 radical (unpaired) electrons. The average molecular weight is 180 g/mol. The molecular weight excluding hydrogens is 168 g/mol. The summed E-state index contributed by atoms with van der Waals surface area (Å²) in [5.41, 5.74) is 0. The summed E-state index contributed by atoms with van der Waals surface area (Å²) in [5, 5.41) is 12.3. The van der Waals surface area contributed by atoms with Crippen molar-refractivity contribution in [2.45, 2.75) is 18.9 Å². The summed E-state index contributed by atoms with van der Waals surface area (Å²) >= 11 is 0. The molecule has 0 bridgehead atoms. The molecule has 5 nitrogen and oxygen atoms in total. The molecule has 1 fully saturated rings. The fourth-order valence-electron chi connectivity index (χ4n) is 1.45. The molecule has 0 unspecified atom stereocenters. The second-order valence-electron chi connectivity index (χ2n) is 3.11. The number of aromatic amines is 1. The van der Waals surface area contributed by atoms with Gasteiger partial charge in [-0.2, -0.15) is 5.10 Å². The highest BCUT2D eigenvalue weighted by molar-refractivity contribution is 5.94. The molecule has 2 rings (SSSR count). The van der Waals surface area contributed by atoms with Gasteiger partial charge in [0.05, 0.1) is 12.2 Å². The van der Waals surface area contributed by atoms with E-state index in [2.05, 4.69) is 20.8 Å². The summed E-state index contributed by atoms with van der Waals surface area (Å²) in [6.45, 7) is 0.932. The van der Waals surface area contributed by atoms with E-state index < -0.39 is 0 Å². The first-order valence-corrected chi connectivity index (χ1v) is 4.40. The molecular formula is C8H12N4O. The fourth-order valence-corrected chi connectivity index (χ4v) is 1.45. The first kappa shape index (κ1) is 8.25. The zero-order valence-corrected chi connectivity index (χ0v) is 7.21. The molecule has 0 aromatic carbocycles. The molecule has 1 saturated heterocycles. The number of H-pyrrole nitrogens is 1. The van der Waals surface area contributed by atoms with Crippen molar-refractivity contribution in [1.29, 1.82) is 0 Å². The molecule has 0 aliphatic carbocycles. The summed E-state index contributed by atoms with van der Waals surface area (Å²) in [6.07, 6.45) is 3.60. The van der Waals surface area contributed by atoms with Gasteiger partial charge < -0.3 is 10.6 Å². The van der Waals surface area contributed by atoms with Gasteiger partial charge in [-0.05, 0) is 19.4 Å². The minimum absolute atomic E-state index is 0.0155. The largest absolute Gasteiger partial charge is 0.310 e. The van der Waals surface area contributed by atoms with Gasteiger partial charge in [-0.15, -0.1) is 0 Å². The molecule has 3 N–H and O–H groups in total. The van der Waals surface area contributed by atoms with Crippen LogP contribution in [0.1, 0.15) is 12.8 Å². The van der Waals surface area contributed by atoms with E-state index in [1.807, 2.05) is 0 Å². The molecule has 1 aliphatic rings. The summed E-state index contributed by atoms with van der Waals surface area (Å²) in [6, 6.07) is 1.69. The van der Waals surface area contributed by atoms with E-state index in [9.17, 15) is 4.79 Å². The zero-order valence-electron chi connectivity index (χ0n) is 7.21. The van der Waals surface area contributed by atoms with Gasteiger partial charge >= 0.3 is 0 Å². The van der Waals surface area contributed by atoms with Crippen LogP contribution in [0.5, 0.6) is 0 Å². The fraction of sp³-hybridized carbons (Fsp3) is 0.500. The van der Waals surface area contributed by atoms with E-state index >= 15 is 0 Å². The third kappa shape index (κ3) is 1.86. The van der Waals surface area contributed by atoms with Crippen LogP contribution in [0, 0.1) is 0 Å². The van der Waals surface area contributed by atoms with E-state index in [1.54, 1.807) is 12.3 Å². The Bertz CT molecular complexity index is 276. The summed E-state index contributed by atoms with van der Waals surface area (Å²) in [7, 11) is 0. The molecule has 1 aromatic heterocycles. The number of amides is 1. The molecule has 5 heteroatoms. The second-order valence-corrected chi connectivity index (χ2v) is 3.11. The Labute approximate surface area is 75.9 Å². The summed E-state index contributed by atoms with van der Waals surface area (Å²) in [5.74, 6) is 0.667. The first-order valence-electron chi connectivity index (χ1n) is 4.40. The molecule has 1 atom stereocenters. The number of hydrogen-bond donors (Lipinski definition) is 3. The van der Waals surface area contributed by atoms with E-state index in [0.29, 0.717) is 5.82 Å². The lowest BCUT2D eigenvalue weighted by atomic mass is 10.2. The first-order chi connectivity index (χ1) is 6.36. The Morgan fingerprint density at radius 3 is 3.23 bits per heavy atom. The van der Waals surface area contributed by atoms with Crippen molar-refractivity contribution in [1.82, 2.24) is 15.5 Å². The standard InChI is InChI=1S/C8H12N4O/c13-8(6-2-1-4-9-6)11-7-3-5-10-12-7/h3,5-6,9H,1-2,4H2,(H2,10,11,12,13)/t6-/m0/s1. The molecule has 1 amide bonds. The van der Waals surface area contributed by atoms with E-state index in [1.165, 1.54) is 0 Å². The third-order valence-corrected chi connectivity index (χ3v) is 2.14. The van der Waals surface area contributed by atoms with Crippen molar-refractivity contribution in [3.63, 3.8) is 0 Å². The number of aromatic nitrogens is 2.